The first-order valence-electron chi connectivity index (χ1n) is 14.8. The zero-order valence-electron chi connectivity index (χ0n) is 27.3. The standard InChI is InChI=1S/C33H64N2O2/c1-28(2,3)26(36)32(13,34-30(7,8)9)24-22-20-18-16-15-17-19-21-23-25-33(14,35-31(10,11)12)27(37)29(4,5)6/h16,18,34-35H,15,17,19-25H2,1-14H3/b18-16+/t32-,33+/m0/s1. The summed E-state index contributed by atoms with van der Waals surface area (Å²) in [4.78, 5) is 26.3. The van der Waals surface area contributed by atoms with Crippen molar-refractivity contribution >= 4 is 11.6 Å². The van der Waals surface area contributed by atoms with E-state index in [0.717, 1.165) is 44.9 Å². The van der Waals surface area contributed by atoms with Crippen molar-refractivity contribution in [1.29, 1.82) is 0 Å². The zero-order chi connectivity index (χ0) is 29.3. The second-order valence-electron chi connectivity index (χ2n) is 15.9. The van der Waals surface area contributed by atoms with Gasteiger partial charge in [-0.05, 0) is 93.9 Å². The highest BCUT2D eigenvalue weighted by Crippen LogP contribution is 2.30. The van der Waals surface area contributed by atoms with Gasteiger partial charge in [-0.2, -0.15) is 0 Å². The van der Waals surface area contributed by atoms with Gasteiger partial charge >= 0.3 is 0 Å². The molecule has 0 aliphatic heterocycles. The molecule has 4 nitrogen and oxygen atoms in total. The minimum Gasteiger partial charge on any atom is -0.300 e. The van der Waals surface area contributed by atoms with Gasteiger partial charge in [0.15, 0.2) is 11.6 Å². The molecule has 0 heterocycles. The molecule has 0 fully saturated rings. The van der Waals surface area contributed by atoms with Gasteiger partial charge in [0, 0.05) is 21.9 Å². The molecule has 0 aliphatic rings. The maximum absolute atomic E-state index is 13.2. The van der Waals surface area contributed by atoms with E-state index in [1.807, 2.05) is 41.5 Å². The maximum atomic E-state index is 13.2. The van der Waals surface area contributed by atoms with Gasteiger partial charge in [0.2, 0.25) is 0 Å². The Morgan fingerprint density at radius 1 is 0.486 bits per heavy atom. The Morgan fingerprint density at radius 2 is 0.811 bits per heavy atom. The van der Waals surface area contributed by atoms with Gasteiger partial charge in [-0.25, -0.2) is 0 Å². The van der Waals surface area contributed by atoms with Crippen molar-refractivity contribution in [2.45, 2.75) is 177 Å². The molecule has 2 atom stereocenters. The number of unbranched alkanes of at least 4 members (excludes halogenated alkanes) is 5. The van der Waals surface area contributed by atoms with Gasteiger partial charge in [-0.15, -0.1) is 0 Å². The fraction of sp³-hybridized carbons (Fsp3) is 0.879. The van der Waals surface area contributed by atoms with Crippen molar-refractivity contribution < 1.29 is 9.59 Å². The topological polar surface area (TPSA) is 58.2 Å². The first-order valence-corrected chi connectivity index (χ1v) is 14.8. The van der Waals surface area contributed by atoms with Crippen molar-refractivity contribution in [2.75, 3.05) is 0 Å². The third-order valence-corrected chi connectivity index (χ3v) is 6.68. The fourth-order valence-corrected chi connectivity index (χ4v) is 5.68. The monoisotopic (exact) mass is 520 g/mol. The number of carbonyl (C=O) groups is 2. The molecule has 2 N–H and O–H groups in total. The smallest absolute Gasteiger partial charge is 0.157 e. The summed E-state index contributed by atoms with van der Waals surface area (Å²) >= 11 is 0. The molecule has 0 radical (unpaired) electrons. The van der Waals surface area contributed by atoms with Crippen LogP contribution < -0.4 is 10.6 Å². The van der Waals surface area contributed by atoms with E-state index in [2.05, 4.69) is 78.2 Å². The SMILES string of the molecule is CC(C)(C)N[C@](C)(CCCCCC/C=C/CCC[C@](C)(NC(C)(C)C)C(=O)C(C)(C)C)C(=O)C(C)(C)C. The van der Waals surface area contributed by atoms with E-state index < -0.39 is 11.1 Å². The number of allylic oxidation sites excluding steroid dienone is 2. The van der Waals surface area contributed by atoms with Crippen LogP contribution >= 0.6 is 0 Å². The average Bonchev–Trinajstić information content (AvgIpc) is 2.66. The lowest BCUT2D eigenvalue weighted by molar-refractivity contribution is -0.134. The number of nitrogens with one attached hydrogen (secondary N) is 2. The van der Waals surface area contributed by atoms with Crippen LogP contribution in [0.1, 0.15) is 155 Å². The minimum atomic E-state index is -0.505. The van der Waals surface area contributed by atoms with Crippen LogP contribution in [0.15, 0.2) is 12.2 Å². The second kappa shape index (κ2) is 13.9. The second-order valence-corrected chi connectivity index (χ2v) is 15.9. The summed E-state index contributed by atoms with van der Waals surface area (Å²) < 4.78 is 0. The van der Waals surface area contributed by atoms with Crippen molar-refractivity contribution in [1.82, 2.24) is 10.6 Å². The van der Waals surface area contributed by atoms with Gasteiger partial charge in [0.05, 0.1) is 11.1 Å². The number of Topliss-reactive ketones (excluding diaryl/α,β-unsaturated/α-hetero) is 2. The summed E-state index contributed by atoms with van der Waals surface area (Å²) in [5.74, 6) is 0.591. The Bertz CT molecular complexity index is 740. The quantitative estimate of drug-likeness (QED) is 0.168. The maximum Gasteiger partial charge on any atom is 0.157 e. The molecule has 0 unspecified atom stereocenters. The summed E-state index contributed by atoms with van der Waals surface area (Å²) in [6.07, 6.45) is 14.0. The number of rotatable bonds is 15. The van der Waals surface area contributed by atoms with Gasteiger partial charge < -0.3 is 10.6 Å². The molecule has 4 heteroatoms. The number of ketones is 2. The molecule has 37 heavy (non-hydrogen) atoms. The summed E-state index contributed by atoms with van der Waals surface area (Å²) in [7, 11) is 0. The van der Waals surface area contributed by atoms with Crippen LogP contribution in [0.3, 0.4) is 0 Å². The Hall–Kier alpha value is -1.00. The van der Waals surface area contributed by atoms with Crippen LogP contribution in [-0.2, 0) is 9.59 Å². The van der Waals surface area contributed by atoms with Crippen LogP contribution in [0.5, 0.6) is 0 Å². The van der Waals surface area contributed by atoms with Crippen LogP contribution in [0, 0.1) is 10.8 Å². The molecule has 0 rings (SSSR count). The van der Waals surface area contributed by atoms with Crippen LogP contribution in [-0.4, -0.2) is 33.7 Å². The van der Waals surface area contributed by atoms with Crippen molar-refractivity contribution in [3.8, 4) is 0 Å². The van der Waals surface area contributed by atoms with E-state index in [1.54, 1.807) is 0 Å². The predicted molar refractivity (Wildman–Crippen MR) is 162 cm³/mol. The molecule has 0 spiro atoms. The highest BCUT2D eigenvalue weighted by molar-refractivity contribution is 5.93. The lowest BCUT2D eigenvalue weighted by atomic mass is 9.75. The average molecular weight is 521 g/mol. The van der Waals surface area contributed by atoms with Crippen molar-refractivity contribution in [3.05, 3.63) is 12.2 Å². The fourth-order valence-electron chi connectivity index (χ4n) is 5.68. The summed E-state index contributed by atoms with van der Waals surface area (Å²) in [6, 6.07) is 0. The van der Waals surface area contributed by atoms with E-state index in [0.29, 0.717) is 5.78 Å². The highest BCUT2D eigenvalue weighted by atomic mass is 16.1. The van der Waals surface area contributed by atoms with E-state index in [9.17, 15) is 9.59 Å². The molecule has 218 valence electrons. The third kappa shape index (κ3) is 14.7. The third-order valence-electron chi connectivity index (χ3n) is 6.68. The first kappa shape index (κ1) is 36.0. The molecule has 0 aromatic carbocycles. The Labute approximate surface area is 231 Å². The predicted octanol–water partition coefficient (Wildman–Crippen LogP) is 8.58. The van der Waals surface area contributed by atoms with Crippen molar-refractivity contribution in [2.24, 2.45) is 10.8 Å². The van der Waals surface area contributed by atoms with E-state index in [1.165, 1.54) is 12.8 Å². The van der Waals surface area contributed by atoms with Crippen molar-refractivity contribution in [3.63, 3.8) is 0 Å². The Kier molecular flexibility index (Phi) is 13.5. The minimum absolute atomic E-state index is 0.0965. The number of carbonyl (C=O) groups excluding carboxylic acids is 2. The molecule has 0 saturated carbocycles. The van der Waals surface area contributed by atoms with Crippen LogP contribution in [0.2, 0.25) is 0 Å². The molecule has 0 aromatic heterocycles. The number of hydrogen-bond acceptors (Lipinski definition) is 4. The molecule has 0 saturated heterocycles. The first-order chi connectivity index (χ1) is 16.4. The summed E-state index contributed by atoms with van der Waals surface area (Å²) in [5.41, 5.74) is -1.90. The van der Waals surface area contributed by atoms with Gasteiger partial charge in [0.1, 0.15) is 0 Å². The highest BCUT2D eigenvalue weighted by Gasteiger charge is 2.42. The number of hydrogen-bond donors (Lipinski definition) is 2. The molecular weight excluding hydrogens is 456 g/mol. The van der Waals surface area contributed by atoms with E-state index >= 15 is 0 Å². The molecular formula is C33H64N2O2. The Balaban J connectivity index is 4.55. The summed E-state index contributed by atoms with van der Waals surface area (Å²) in [6.45, 7) is 29.1. The molecule has 0 bridgehead atoms. The zero-order valence-corrected chi connectivity index (χ0v) is 27.3. The normalized spacial score (nSPS) is 17.0. The lowest BCUT2D eigenvalue weighted by Crippen LogP contribution is -2.59. The van der Waals surface area contributed by atoms with Gasteiger partial charge in [0.25, 0.3) is 0 Å². The van der Waals surface area contributed by atoms with Crippen LogP contribution in [0.4, 0.5) is 0 Å². The summed E-state index contributed by atoms with van der Waals surface area (Å²) in [5, 5.41) is 7.23. The Morgan fingerprint density at radius 3 is 1.16 bits per heavy atom. The largest absolute Gasteiger partial charge is 0.300 e. The van der Waals surface area contributed by atoms with Gasteiger partial charge in [-0.3, -0.25) is 9.59 Å². The van der Waals surface area contributed by atoms with E-state index in [-0.39, 0.29) is 27.7 Å². The van der Waals surface area contributed by atoms with Gasteiger partial charge in [-0.1, -0.05) is 73.0 Å². The molecule has 0 aromatic rings. The molecule has 0 aliphatic carbocycles. The van der Waals surface area contributed by atoms with E-state index in [4.69, 9.17) is 0 Å². The molecule has 0 amide bonds. The lowest BCUT2D eigenvalue weighted by Gasteiger charge is -2.40. The van der Waals surface area contributed by atoms with Crippen LogP contribution in [0.25, 0.3) is 0 Å².